The van der Waals surface area contributed by atoms with Crippen LogP contribution in [0.4, 0.5) is 0 Å². The molecule has 1 unspecified atom stereocenters. The number of hydrogen-bond donors (Lipinski definition) is 0. The normalized spacial score (nSPS) is 18.1. The lowest BCUT2D eigenvalue weighted by Crippen LogP contribution is -2.38. The number of benzene rings is 3. The Hall–Kier alpha value is -2.36. The van der Waals surface area contributed by atoms with Crippen molar-refractivity contribution < 1.29 is 9.47 Å². The lowest BCUT2D eigenvalue weighted by molar-refractivity contribution is -0.0298. The Labute approximate surface area is 155 Å². The molecule has 0 bridgehead atoms. The van der Waals surface area contributed by atoms with E-state index in [-0.39, 0.29) is 6.10 Å². The number of nitrogens with zero attached hydrogens (tertiary/aromatic N) is 1. The highest BCUT2D eigenvalue weighted by atomic mass is 16.5. The van der Waals surface area contributed by atoms with E-state index in [0.717, 1.165) is 43.1 Å². The van der Waals surface area contributed by atoms with Crippen molar-refractivity contribution in [2.75, 3.05) is 26.2 Å². The molecule has 0 aromatic heterocycles. The minimum atomic E-state index is 0.155. The van der Waals surface area contributed by atoms with Crippen LogP contribution < -0.4 is 4.74 Å². The second-order valence-electron chi connectivity index (χ2n) is 6.81. The predicted octanol–water partition coefficient (Wildman–Crippen LogP) is 5.42. The van der Waals surface area contributed by atoms with Crippen LogP contribution in [0.5, 0.6) is 11.5 Å². The topological polar surface area (TPSA) is 21.7 Å². The Kier molecular flexibility index (Phi) is 5.19. The van der Waals surface area contributed by atoms with E-state index in [0.29, 0.717) is 0 Å². The first-order valence-electron chi connectivity index (χ1n) is 9.43. The van der Waals surface area contributed by atoms with E-state index in [4.69, 9.17) is 9.47 Å². The summed E-state index contributed by atoms with van der Waals surface area (Å²) in [7, 11) is 0. The number of hydrogen-bond acceptors (Lipinski definition) is 3. The number of ether oxygens (including phenoxy) is 2. The quantitative estimate of drug-likeness (QED) is 0.615. The first-order chi connectivity index (χ1) is 12.8. The molecule has 1 aliphatic heterocycles. The molecule has 1 atom stereocenters. The van der Waals surface area contributed by atoms with Gasteiger partial charge in [0.05, 0.1) is 12.7 Å². The molecule has 1 aliphatic rings. The number of morpholine rings is 1. The zero-order valence-electron chi connectivity index (χ0n) is 15.2. The third-order valence-corrected chi connectivity index (χ3v) is 4.92. The lowest BCUT2D eigenvalue weighted by atomic mass is 10.1. The standard InChI is InChI=1S/C23H25NO2/c1-2-14-24-15-16-25-23(17-24)19-10-12-20(13-11-19)26-22-9-5-7-18-6-3-4-8-21(18)22/h3-13,23H,2,14-17H2,1H3. The molecule has 3 heteroatoms. The van der Waals surface area contributed by atoms with Gasteiger partial charge in [-0.1, -0.05) is 55.5 Å². The van der Waals surface area contributed by atoms with Gasteiger partial charge in [0.15, 0.2) is 0 Å². The van der Waals surface area contributed by atoms with E-state index < -0.39 is 0 Å². The summed E-state index contributed by atoms with van der Waals surface area (Å²) in [5.41, 5.74) is 1.22. The Morgan fingerprint density at radius 3 is 2.65 bits per heavy atom. The maximum Gasteiger partial charge on any atom is 0.135 e. The SMILES string of the molecule is CCCN1CCOC(c2ccc(Oc3cccc4ccccc34)cc2)C1. The lowest BCUT2D eigenvalue weighted by Gasteiger charge is -2.33. The van der Waals surface area contributed by atoms with Gasteiger partial charge in [0.1, 0.15) is 11.5 Å². The summed E-state index contributed by atoms with van der Waals surface area (Å²) in [5.74, 6) is 1.74. The van der Waals surface area contributed by atoms with E-state index >= 15 is 0 Å². The van der Waals surface area contributed by atoms with Gasteiger partial charge in [-0.3, -0.25) is 4.90 Å². The zero-order chi connectivity index (χ0) is 17.8. The Morgan fingerprint density at radius 1 is 1.00 bits per heavy atom. The molecular weight excluding hydrogens is 322 g/mol. The molecule has 0 radical (unpaired) electrons. The average Bonchev–Trinajstić information content (AvgIpc) is 2.69. The molecule has 26 heavy (non-hydrogen) atoms. The van der Waals surface area contributed by atoms with Crippen LogP contribution in [-0.4, -0.2) is 31.1 Å². The van der Waals surface area contributed by atoms with Crippen molar-refractivity contribution in [2.24, 2.45) is 0 Å². The van der Waals surface area contributed by atoms with Crippen LogP contribution in [0.3, 0.4) is 0 Å². The van der Waals surface area contributed by atoms with E-state index in [1.54, 1.807) is 0 Å². The molecule has 3 aromatic carbocycles. The van der Waals surface area contributed by atoms with Crippen molar-refractivity contribution in [2.45, 2.75) is 19.4 Å². The van der Waals surface area contributed by atoms with E-state index in [1.807, 2.05) is 36.4 Å². The van der Waals surface area contributed by atoms with Gasteiger partial charge < -0.3 is 9.47 Å². The predicted molar refractivity (Wildman–Crippen MR) is 106 cm³/mol. The zero-order valence-corrected chi connectivity index (χ0v) is 15.2. The highest BCUT2D eigenvalue weighted by molar-refractivity contribution is 5.88. The maximum absolute atomic E-state index is 6.14. The van der Waals surface area contributed by atoms with Crippen LogP contribution in [0.1, 0.15) is 25.0 Å². The van der Waals surface area contributed by atoms with Gasteiger partial charge in [-0.25, -0.2) is 0 Å². The smallest absolute Gasteiger partial charge is 0.135 e. The Bertz CT molecular complexity index is 852. The largest absolute Gasteiger partial charge is 0.457 e. The second-order valence-corrected chi connectivity index (χ2v) is 6.81. The van der Waals surface area contributed by atoms with Crippen LogP contribution in [0.25, 0.3) is 10.8 Å². The Morgan fingerprint density at radius 2 is 1.81 bits per heavy atom. The number of rotatable bonds is 5. The monoisotopic (exact) mass is 347 g/mol. The van der Waals surface area contributed by atoms with Crippen molar-refractivity contribution in [1.29, 1.82) is 0 Å². The summed E-state index contributed by atoms with van der Waals surface area (Å²) in [6.45, 7) is 6.18. The number of fused-ring (bicyclic) bond motifs is 1. The van der Waals surface area contributed by atoms with Crippen molar-refractivity contribution in [3.63, 3.8) is 0 Å². The minimum Gasteiger partial charge on any atom is -0.457 e. The van der Waals surface area contributed by atoms with Gasteiger partial charge in [-0.15, -0.1) is 0 Å². The minimum absolute atomic E-state index is 0.155. The molecule has 1 heterocycles. The molecule has 0 spiro atoms. The third-order valence-electron chi connectivity index (χ3n) is 4.92. The summed E-state index contributed by atoms with van der Waals surface area (Å²) in [6.07, 6.45) is 1.34. The van der Waals surface area contributed by atoms with Crippen molar-refractivity contribution in [1.82, 2.24) is 4.90 Å². The van der Waals surface area contributed by atoms with Gasteiger partial charge in [0.2, 0.25) is 0 Å². The summed E-state index contributed by atoms with van der Waals surface area (Å²) in [4.78, 5) is 2.48. The first-order valence-corrected chi connectivity index (χ1v) is 9.43. The summed E-state index contributed by atoms with van der Waals surface area (Å²) in [6, 6.07) is 22.8. The molecule has 0 N–H and O–H groups in total. The third kappa shape index (κ3) is 3.74. The fourth-order valence-electron chi connectivity index (χ4n) is 3.59. The molecule has 3 nitrogen and oxygen atoms in total. The summed E-state index contributed by atoms with van der Waals surface area (Å²) < 4.78 is 12.1. The van der Waals surface area contributed by atoms with Gasteiger partial charge in [0, 0.05) is 18.5 Å². The Balaban J connectivity index is 1.49. The van der Waals surface area contributed by atoms with Crippen molar-refractivity contribution in [3.8, 4) is 11.5 Å². The fourth-order valence-corrected chi connectivity index (χ4v) is 3.59. The van der Waals surface area contributed by atoms with Gasteiger partial charge in [-0.05, 0) is 42.1 Å². The van der Waals surface area contributed by atoms with Crippen LogP contribution in [0.15, 0.2) is 66.7 Å². The van der Waals surface area contributed by atoms with Crippen LogP contribution in [0.2, 0.25) is 0 Å². The van der Waals surface area contributed by atoms with Gasteiger partial charge in [0.25, 0.3) is 0 Å². The highest BCUT2D eigenvalue weighted by Crippen LogP contribution is 2.31. The summed E-state index contributed by atoms with van der Waals surface area (Å²) in [5, 5.41) is 2.32. The second kappa shape index (κ2) is 7.90. The molecule has 0 saturated carbocycles. The molecular formula is C23H25NO2. The average molecular weight is 347 g/mol. The molecule has 3 aromatic rings. The molecule has 0 aliphatic carbocycles. The molecule has 1 fully saturated rings. The van der Waals surface area contributed by atoms with Gasteiger partial charge in [-0.2, -0.15) is 0 Å². The van der Waals surface area contributed by atoms with E-state index in [1.165, 1.54) is 17.4 Å². The molecule has 0 amide bonds. The van der Waals surface area contributed by atoms with Crippen LogP contribution in [-0.2, 0) is 4.74 Å². The van der Waals surface area contributed by atoms with Crippen molar-refractivity contribution >= 4 is 10.8 Å². The molecule has 134 valence electrons. The molecule has 4 rings (SSSR count). The van der Waals surface area contributed by atoms with Crippen LogP contribution >= 0.6 is 0 Å². The van der Waals surface area contributed by atoms with Crippen molar-refractivity contribution in [3.05, 3.63) is 72.3 Å². The van der Waals surface area contributed by atoms with E-state index in [2.05, 4.69) is 42.2 Å². The van der Waals surface area contributed by atoms with E-state index in [9.17, 15) is 0 Å². The maximum atomic E-state index is 6.14. The first kappa shape index (κ1) is 17.1. The molecule has 1 saturated heterocycles. The van der Waals surface area contributed by atoms with Gasteiger partial charge >= 0.3 is 0 Å². The van der Waals surface area contributed by atoms with Crippen LogP contribution in [0, 0.1) is 0 Å². The fraction of sp³-hybridized carbons (Fsp3) is 0.304. The highest BCUT2D eigenvalue weighted by Gasteiger charge is 2.21. The summed E-state index contributed by atoms with van der Waals surface area (Å²) >= 11 is 0.